The van der Waals surface area contributed by atoms with E-state index in [1.807, 2.05) is 0 Å². The molecule has 1 atom stereocenters. The van der Waals surface area contributed by atoms with Gasteiger partial charge in [0.15, 0.2) is 0 Å². The van der Waals surface area contributed by atoms with Crippen molar-refractivity contribution in [3.8, 4) is 0 Å². The Bertz CT molecular complexity index is 262. The van der Waals surface area contributed by atoms with Crippen LogP contribution >= 0.6 is 15.9 Å². The van der Waals surface area contributed by atoms with E-state index in [2.05, 4.69) is 15.9 Å². The lowest BCUT2D eigenvalue weighted by Crippen LogP contribution is -2.10. The van der Waals surface area contributed by atoms with E-state index >= 15 is 0 Å². The Labute approximate surface area is 92.8 Å². The van der Waals surface area contributed by atoms with Crippen LogP contribution in [-0.4, -0.2) is 12.1 Å². The van der Waals surface area contributed by atoms with E-state index < -0.39 is 0 Å². The maximum atomic E-state index is 11.0. The third kappa shape index (κ3) is 2.19. The van der Waals surface area contributed by atoms with Gasteiger partial charge >= 0.3 is 5.97 Å². The molecule has 78 valence electrons. The Morgan fingerprint density at radius 3 is 2.50 bits per heavy atom. The lowest BCUT2D eigenvalue weighted by molar-refractivity contribution is -0.140. The zero-order valence-electron chi connectivity index (χ0n) is 8.22. The summed E-state index contributed by atoms with van der Waals surface area (Å²) in [6.07, 6.45) is 7.71. The molecule has 0 N–H and O–H groups in total. The fraction of sp³-hybridized carbons (Fsp3) is 0.727. The van der Waals surface area contributed by atoms with E-state index in [0.29, 0.717) is 6.42 Å². The summed E-state index contributed by atoms with van der Waals surface area (Å²) in [6, 6.07) is 0. The highest BCUT2D eigenvalue weighted by Gasteiger charge is 2.27. The second-order valence-electron chi connectivity index (χ2n) is 4.03. The molecule has 2 nitrogen and oxygen atoms in total. The van der Waals surface area contributed by atoms with E-state index in [4.69, 9.17) is 4.74 Å². The molecule has 1 heterocycles. The van der Waals surface area contributed by atoms with E-state index in [-0.39, 0.29) is 12.1 Å². The third-order valence-electron chi connectivity index (χ3n) is 2.96. The molecule has 1 unspecified atom stereocenters. The molecule has 1 saturated heterocycles. The number of hydrogen-bond donors (Lipinski definition) is 0. The monoisotopic (exact) mass is 258 g/mol. The molecule has 0 aromatic rings. The van der Waals surface area contributed by atoms with Crippen LogP contribution in [0, 0.1) is 0 Å². The van der Waals surface area contributed by atoms with Crippen molar-refractivity contribution < 1.29 is 9.53 Å². The molecular weight excluding hydrogens is 244 g/mol. The highest BCUT2D eigenvalue weighted by molar-refractivity contribution is 9.11. The van der Waals surface area contributed by atoms with Gasteiger partial charge in [0.05, 0.1) is 0 Å². The molecule has 0 amide bonds. The Kier molecular flexibility index (Phi) is 3.26. The normalized spacial score (nSPS) is 27.6. The Morgan fingerprint density at radius 1 is 1.21 bits per heavy atom. The van der Waals surface area contributed by atoms with Crippen LogP contribution < -0.4 is 0 Å². The number of ether oxygens (including phenoxy) is 1. The number of allylic oxidation sites excluding steroid dienone is 1. The number of rotatable bonds is 1. The predicted molar refractivity (Wildman–Crippen MR) is 58.2 cm³/mol. The molecule has 2 rings (SSSR count). The molecule has 14 heavy (non-hydrogen) atoms. The van der Waals surface area contributed by atoms with Gasteiger partial charge in [-0.2, -0.15) is 0 Å². The molecule has 0 radical (unpaired) electrons. The highest BCUT2D eigenvalue weighted by atomic mass is 79.9. The first kappa shape index (κ1) is 10.2. The van der Waals surface area contributed by atoms with Crippen molar-refractivity contribution >= 4 is 21.9 Å². The summed E-state index contributed by atoms with van der Waals surface area (Å²) in [4.78, 5) is 11.0. The number of carbonyl (C=O) groups is 1. The van der Waals surface area contributed by atoms with E-state index in [1.165, 1.54) is 37.7 Å². The van der Waals surface area contributed by atoms with Gasteiger partial charge in [0.25, 0.3) is 0 Å². The summed E-state index contributed by atoms with van der Waals surface area (Å²) in [6.45, 7) is 0. The lowest BCUT2D eigenvalue weighted by Gasteiger charge is -2.18. The summed E-state index contributed by atoms with van der Waals surface area (Å²) >= 11 is 3.60. The maximum Gasteiger partial charge on any atom is 0.306 e. The average molecular weight is 259 g/mol. The Hall–Kier alpha value is -0.310. The van der Waals surface area contributed by atoms with Crippen molar-refractivity contribution in [2.24, 2.45) is 0 Å². The largest absolute Gasteiger partial charge is 0.457 e. The minimum Gasteiger partial charge on any atom is -0.457 e. The number of halogens is 1. The molecule has 0 aromatic heterocycles. The van der Waals surface area contributed by atoms with Gasteiger partial charge in [-0.25, -0.2) is 0 Å². The van der Waals surface area contributed by atoms with Gasteiger partial charge in [-0.1, -0.05) is 27.9 Å². The van der Waals surface area contributed by atoms with Gasteiger partial charge in [0.2, 0.25) is 0 Å². The Balaban J connectivity index is 2.04. The van der Waals surface area contributed by atoms with Crippen LogP contribution in [0.1, 0.15) is 44.9 Å². The number of esters is 1. The molecule has 3 heteroatoms. The van der Waals surface area contributed by atoms with Gasteiger partial charge in [0, 0.05) is 10.9 Å². The molecular formula is C11H15BrO2. The summed E-state index contributed by atoms with van der Waals surface area (Å²) in [5.74, 6) is -0.0524. The quantitative estimate of drug-likeness (QED) is 0.675. The number of carbonyl (C=O) groups excluding carboxylic acids is 1. The Morgan fingerprint density at radius 2 is 1.93 bits per heavy atom. The smallest absolute Gasteiger partial charge is 0.306 e. The molecule has 1 aliphatic carbocycles. The average Bonchev–Trinajstić information content (AvgIpc) is 2.65. The molecule has 2 fully saturated rings. The second-order valence-corrected chi connectivity index (χ2v) is 4.88. The lowest BCUT2D eigenvalue weighted by atomic mass is 9.93. The van der Waals surface area contributed by atoms with Crippen LogP contribution in [0.25, 0.3) is 0 Å². The molecule has 0 bridgehead atoms. The minimum atomic E-state index is -0.0524. The second kappa shape index (κ2) is 4.47. The molecule has 2 aliphatic rings. The topological polar surface area (TPSA) is 26.3 Å². The van der Waals surface area contributed by atoms with Crippen molar-refractivity contribution in [1.82, 2.24) is 0 Å². The summed E-state index contributed by atoms with van der Waals surface area (Å²) < 4.78 is 6.39. The minimum absolute atomic E-state index is 0.0237. The number of cyclic esters (lactones) is 1. The molecule has 0 aromatic carbocycles. The molecule has 1 aliphatic heterocycles. The third-order valence-corrected chi connectivity index (χ3v) is 4.03. The standard InChI is InChI=1S/C11H15BrO2/c12-11(8-4-2-1-3-5-8)9-6-7-10(13)14-9/h9H,1-7H2. The van der Waals surface area contributed by atoms with E-state index in [0.717, 1.165) is 10.9 Å². The molecule has 1 saturated carbocycles. The van der Waals surface area contributed by atoms with Gasteiger partial charge in [0.1, 0.15) is 6.10 Å². The predicted octanol–water partition coefficient (Wildman–Crippen LogP) is 3.31. The van der Waals surface area contributed by atoms with Crippen LogP contribution in [0.3, 0.4) is 0 Å². The first-order valence-electron chi connectivity index (χ1n) is 5.34. The molecule has 0 spiro atoms. The zero-order chi connectivity index (χ0) is 9.97. The highest BCUT2D eigenvalue weighted by Crippen LogP contribution is 2.34. The first-order valence-corrected chi connectivity index (χ1v) is 6.13. The van der Waals surface area contributed by atoms with E-state index in [9.17, 15) is 4.79 Å². The van der Waals surface area contributed by atoms with Crippen LogP contribution in [-0.2, 0) is 9.53 Å². The van der Waals surface area contributed by atoms with Gasteiger partial charge in [-0.15, -0.1) is 0 Å². The zero-order valence-corrected chi connectivity index (χ0v) is 9.81. The van der Waals surface area contributed by atoms with Crippen molar-refractivity contribution in [2.45, 2.75) is 51.0 Å². The van der Waals surface area contributed by atoms with Gasteiger partial charge in [-0.05, 0) is 32.1 Å². The number of hydrogen-bond acceptors (Lipinski definition) is 2. The van der Waals surface area contributed by atoms with Gasteiger partial charge in [-0.3, -0.25) is 4.79 Å². The SMILES string of the molecule is O=C1CCC(C(Br)=C2CCCCC2)O1. The fourth-order valence-corrected chi connectivity index (χ4v) is 2.87. The van der Waals surface area contributed by atoms with Crippen molar-refractivity contribution in [3.05, 3.63) is 10.1 Å². The first-order chi connectivity index (χ1) is 6.77. The van der Waals surface area contributed by atoms with Crippen LogP contribution in [0.5, 0.6) is 0 Å². The van der Waals surface area contributed by atoms with Crippen molar-refractivity contribution in [2.75, 3.05) is 0 Å². The van der Waals surface area contributed by atoms with Crippen LogP contribution in [0.2, 0.25) is 0 Å². The summed E-state index contributed by atoms with van der Waals surface area (Å²) in [5, 5.41) is 0. The summed E-state index contributed by atoms with van der Waals surface area (Å²) in [7, 11) is 0. The van der Waals surface area contributed by atoms with Crippen molar-refractivity contribution in [3.63, 3.8) is 0 Å². The van der Waals surface area contributed by atoms with Crippen LogP contribution in [0.15, 0.2) is 10.1 Å². The van der Waals surface area contributed by atoms with Crippen LogP contribution in [0.4, 0.5) is 0 Å². The fourth-order valence-electron chi connectivity index (χ4n) is 2.15. The maximum absolute atomic E-state index is 11.0. The van der Waals surface area contributed by atoms with Crippen molar-refractivity contribution in [1.29, 1.82) is 0 Å². The van der Waals surface area contributed by atoms with Gasteiger partial charge < -0.3 is 4.74 Å². The van der Waals surface area contributed by atoms with E-state index in [1.54, 1.807) is 0 Å². The summed E-state index contributed by atoms with van der Waals surface area (Å²) in [5.41, 5.74) is 1.47.